The fraction of sp³-hybridized carbons (Fsp3) is 0.167. The number of hydrogen-bond donors (Lipinski definition) is 0. The molecule has 0 N–H and O–H groups in total. The minimum absolute atomic E-state index is 0.102. The van der Waals surface area contributed by atoms with Gasteiger partial charge in [-0.2, -0.15) is 0 Å². The third kappa shape index (κ3) is 4.53. The molecule has 6 aromatic carbocycles. The molecule has 2 aromatic heterocycles. The van der Waals surface area contributed by atoms with Gasteiger partial charge in [0.05, 0.1) is 22.1 Å². The normalized spacial score (nSPS) is 13.6. The summed E-state index contributed by atoms with van der Waals surface area (Å²) in [6.07, 6.45) is 4.09. The molecule has 1 aliphatic carbocycles. The van der Waals surface area contributed by atoms with Gasteiger partial charge < -0.3 is 9.13 Å². The molecule has 4 heteroatoms. The summed E-state index contributed by atoms with van der Waals surface area (Å²) in [4.78, 5) is 9.60. The summed E-state index contributed by atoms with van der Waals surface area (Å²) in [5, 5.41) is 2.46. The molecule has 0 saturated heterocycles. The van der Waals surface area contributed by atoms with Crippen LogP contribution in [0, 0.1) is 20.8 Å². The summed E-state index contributed by atoms with van der Waals surface area (Å²) < 4.78 is 4.35. The highest BCUT2D eigenvalue weighted by molar-refractivity contribution is 6.11. The predicted molar refractivity (Wildman–Crippen MR) is 219 cm³/mol. The number of allylic oxidation sites excluding steroid dienone is 2. The van der Waals surface area contributed by atoms with Gasteiger partial charge in [0.1, 0.15) is 11.6 Å². The molecule has 0 fully saturated rings. The molecule has 2 heterocycles. The lowest BCUT2D eigenvalue weighted by Crippen LogP contribution is -2.14. The van der Waals surface area contributed by atoms with Gasteiger partial charge in [0.2, 0.25) is 0 Å². The molecule has 0 aliphatic heterocycles. The summed E-state index contributed by atoms with van der Waals surface area (Å²) in [6, 6.07) is 38.4. The van der Waals surface area contributed by atoms with E-state index in [2.05, 4.69) is 174 Å². The first-order valence-corrected chi connectivity index (χ1v) is 18.1. The van der Waals surface area contributed by atoms with Gasteiger partial charge in [-0.15, -0.1) is 0 Å². The SMILES string of the molecule is C=C/C=C(/c1ccc2nc(C)n(C)c2c1)c1cc2c(-c3ccc4nc(C)n(C)c4c3)cccc2c(-c2cccc3c2-c2ccccc2C3(C)C)c1C. The van der Waals surface area contributed by atoms with Crippen molar-refractivity contribution in [3.05, 3.63) is 161 Å². The average Bonchev–Trinajstić information content (AvgIpc) is 3.70. The van der Waals surface area contributed by atoms with E-state index in [9.17, 15) is 0 Å². The molecule has 9 rings (SSSR count). The van der Waals surface area contributed by atoms with E-state index in [1.165, 1.54) is 66.4 Å². The van der Waals surface area contributed by atoms with Crippen LogP contribution in [0.25, 0.3) is 71.8 Å². The van der Waals surface area contributed by atoms with Gasteiger partial charge in [0, 0.05) is 19.5 Å². The van der Waals surface area contributed by atoms with E-state index in [0.29, 0.717) is 0 Å². The van der Waals surface area contributed by atoms with Crippen molar-refractivity contribution in [3.8, 4) is 33.4 Å². The Hall–Kier alpha value is -6.00. The minimum atomic E-state index is -0.102. The van der Waals surface area contributed by atoms with Gasteiger partial charge in [-0.3, -0.25) is 0 Å². The quantitative estimate of drug-likeness (QED) is 0.170. The molecule has 4 nitrogen and oxygen atoms in total. The van der Waals surface area contributed by atoms with Crippen molar-refractivity contribution in [2.45, 2.75) is 40.0 Å². The molecule has 0 radical (unpaired) electrons. The smallest absolute Gasteiger partial charge is 0.106 e. The molecule has 0 atom stereocenters. The van der Waals surface area contributed by atoms with Crippen LogP contribution in [0.1, 0.15) is 53.3 Å². The Morgan fingerprint density at radius 3 is 2.02 bits per heavy atom. The largest absolute Gasteiger partial charge is 0.331 e. The highest BCUT2D eigenvalue weighted by Crippen LogP contribution is 2.54. The molecule has 0 unspecified atom stereocenters. The zero-order valence-corrected chi connectivity index (χ0v) is 31.0. The third-order valence-corrected chi connectivity index (χ3v) is 11.7. The number of aryl methyl sites for hydroxylation is 4. The lowest BCUT2D eigenvalue weighted by atomic mass is 9.80. The molecule has 8 aromatic rings. The van der Waals surface area contributed by atoms with Crippen molar-refractivity contribution >= 4 is 38.4 Å². The van der Waals surface area contributed by atoms with E-state index >= 15 is 0 Å². The Kier molecular flexibility index (Phi) is 7.07. The molecular weight excluding hydrogens is 633 g/mol. The van der Waals surface area contributed by atoms with Crippen LogP contribution >= 0.6 is 0 Å². The average molecular weight is 675 g/mol. The molecule has 254 valence electrons. The van der Waals surface area contributed by atoms with Crippen LogP contribution in [0.5, 0.6) is 0 Å². The van der Waals surface area contributed by atoms with Crippen molar-refractivity contribution in [3.63, 3.8) is 0 Å². The van der Waals surface area contributed by atoms with Crippen LogP contribution in [0.4, 0.5) is 0 Å². The Balaban J connectivity index is 1.39. The Morgan fingerprint density at radius 2 is 1.27 bits per heavy atom. The maximum atomic E-state index is 4.80. The Bertz CT molecular complexity index is 2840. The molecule has 0 saturated carbocycles. The van der Waals surface area contributed by atoms with Gasteiger partial charge in [-0.05, 0) is 129 Å². The van der Waals surface area contributed by atoms with Crippen LogP contribution in [0.2, 0.25) is 0 Å². The van der Waals surface area contributed by atoms with E-state index in [1.54, 1.807) is 0 Å². The topological polar surface area (TPSA) is 35.6 Å². The van der Waals surface area contributed by atoms with Gasteiger partial charge in [-0.1, -0.05) is 105 Å². The van der Waals surface area contributed by atoms with Crippen molar-refractivity contribution < 1.29 is 0 Å². The van der Waals surface area contributed by atoms with Gasteiger partial charge >= 0.3 is 0 Å². The maximum Gasteiger partial charge on any atom is 0.106 e. The molecule has 52 heavy (non-hydrogen) atoms. The summed E-state index contributed by atoms with van der Waals surface area (Å²) >= 11 is 0. The number of nitrogens with zero attached hydrogens (tertiary/aromatic N) is 4. The summed E-state index contributed by atoms with van der Waals surface area (Å²) in [5.74, 6) is 2.00. The van der Waals surface area contributed by atoms with Crippen LogP contribution in [0.3, 0.4) is 0 Å². The van der Waals surface area contributed by atoms with Crippen LogP contribution in [-0.4, -0.2) is 19.1 Å². The third-order valence-electron chi connectivity index (χ3n) is 11.7. The van der Waals surface area contributed by atoms with Gasteiger partial charge in [-0.25, -0.2) is 9.97 Å². The molecule has 1 aliphatic rings. The molecular formula is C48H42N4. The number of fused-ring (bicyclic) bond motifs is 6. The summed E-state index contributed by atoms with van der Waals surface area (Å²) in [5.41, 5.74) is 19.2. The molecule has 0 amide bonds. The van der Waals surface area contributed by atoms with E-state index in [4.69, 9.17) is 9.97 Å². The highest BCUT2D eigenvalue weighted by atomic mass is 15.1. The second-order valence-electron chi connectivity index (χ2n) is 14.9. The summed E-state index contributed by atoms with van der Waals surface area (Å²) in [7, 11) is 4.19. The standard InChI is InChI=1S/C48H42N4/c1-9-14-33(31-21-23-42-44(25-31)51(7)29(3)49-42)38-27-39-34(32-22-24-43-45(26-32)52(8)30(4)50-43)16-12-17-35(39)46(28(38)2)37-18-13-20-41-47(37)36-15-10-11-19-40(36)48(41,5)6/h9-27H,1H2,2-8H3/b33-14-. The first kappa shape index (κ1) is 31.9. The van der Waals surface area contributed by atoms with Crippen LogP contribution < -0.4 is 0 Å². The van der Waals surface area contributed by atoms with Crippen molar-refractivity contribution in [1.82, 2.24) is 19.1 Å². The van der Waals surface area contributed by atoms with Crippen molar-refractivity contribution in [1.29, 1.82) is 0 Å². The Morgan fingerprint density at radius 1 is 0.635 bits per heavy atom. The lowest BCUT2D eigenvalue weighted by Gasteiger charge is -2.23. The van der Waals surface area contributed by atoms with Gasteiger partial charge in [0.15, 0.2) is 0 Å². The number of aromatic nitrogens is 4. The number of rotatable bonds is 5. The number of hydrogen-bond acceptors (Lipinski definition) is 2. The number of benzene rings is 6. The minimum Gasteiger partial charge on any atom is -0.331 e. The highest BCUT2D eigenvalue weighted by Gasteiger charge is 2.37. The second kappa shape index (κ2) is 11.5. The summed E-state index contributed by atoms with van der Waals surface area (Å²) in [6.45, 7) is 15.3. The molecule has 0 spiro atoms. The first-order valence-electron chi connectivity index (χ1n) is 18.1. The maximum absolute atomic E-state index is 4.80. The Labute approximate surface area is 305 Å². The predicted octanol–water partition coefficient (Wildman–Crippen LogP) is 11.8. The fourth-order valence-electron chi connectivity index (χ4n) is 8.78. The van der Waals surface area contributed by atoms with E-state index in [1.807, 2.05) is 6.08 Å². The second-order valence-corrected chi connectivity index (χ2v) is 14.9. The van der Waals surface area contributed by atoms with Crippen LogP contribution in [-0.2, 0) is 19.5 Å². The van der Waals surface area contributed by atoms with Crippen molar-refractivity contribution in [2.24, 2.45) is 14.1 Å². The molecule has 0 bridgehead atoms. The zero-order chi connectivity index (χ0) is 36.1. The van der Waals surface area contributed by atoms with E-state index in [0.717, 1.165) is 44.9 Å². The number of imidazole rings is 2. The first-order chi connectivity index (χ1) is 25.1. The van der Waals surface area contributed by atoms with Crippen LogP contribution in [0.15, 0.2) is 122 Å². The lowest BCUT2D eigenvalue weighted by molar-refractivity contribution is 0.660. The fourth-order valence-corrected chi connectivity index (χ4v) is 8.78. The zero-order valence-electron chi connectivity index (χ0n) is 31.0. The van der Waals surface area contributed by atoms with E-state index < -0.39 is 0 Å². The van der Waals surface area contributed by atoms with E-state index in [-0.39, 0.29) is 5.41 Å². The monoisotopic (exact) mass is 674 g/mol. The van der Waals surface area contributed by atoms with Gasteiger partial charge in [0.25, 0.3) is 0 Å². The van der Waals surface area contributed by atoms with Crippen molar-refractivity contribution in [2.75, 3.05) is 0 Å².